The van der Waals surface area contributed by atoms with Crippen LogP contribution in [0.25, 0.3) is 24.3 Å². The molecule has 0 atom stereocenters. The Kier molecular flexibility index (Phi) is 12.0. The predicted octanol–water partition coefficient (Wildman–Crippen LogP) is 11.8. The summed E-state index contributed by atoms with van der Waals surface area (Å²) in [6, 6.07) is 12.5. The SMILES string of the molecule is COC(OC)c1cc(Br)c(/C=C\c2cc(Br)c(/C=C\c3cc(Br)c(CBr)cc3Br)cc2Br)cc1Br. The summed E-state index contributed by atoms with van der Waals surface area (Å²) < 4.78 is 16.8. The van der Waals surface area contributed by atoms with Crippen LogP contribution in [-0.2, 0) is 14.8 Å². The van der Waals surface area contributed by atoms with Gasteiger partial charge >= 0.3 is 0 Å². The Labute approximate surface area is 264 Å². The molecule has 0 saturated heterocycles. The molecule has 0 aliphatic carbocycles. The lowest BCUT2D eigenvalue weighted by molar-refractivity contribution is -0.106. The van der Waals surface area contributed by atoms with Gasteiger partial charge in [0, 0.05) is 51.9 Å². The number of halogens is 7. The van der Waals surface area contributed by atoms with Gasteiger partial charge in [0.2, 0.25) is 0 Å². The van der Waals surface area contributed by atoms with Gasteiger partial charge in [-0.15, -0.1) is 0 Å². The molecule has 3 aromatic rings. The van der Waals surface area contributed by atoms with E-state index >= 15 is 0 Å². The number of methoxy groups -OCH3 is 2. The molecule has 0 aromatic heterocycles. The third kappa shape index (κ3) is 7.73. The van der Waals surface area contributed by atoms with Gasteiger partial charge in [-0.05, 0) is 64.2 Å². The second kappa shape index (κ2) is 14.0. The van der Waals surface area contributed by atoms with E-state index in [1.54, 1.807) is 14.2 Å². The molecule has 0 unspecified atom stereocenters. The number of alkyl halides is 1. The van der Waals surface area contributed by atoms with Crippen molar-refractivity contribution in [1.82, 2.24) is 0 Å². The quantitative estimate of drug-likeness (QED) is 0.127. The van der Waals surface area contributed by atoms with E-state index in [1.165, 1.54) is 5.56 Å². The highest BCUT2D eigenvalue weighted by Crippen LogP contribution is 2.35. The third-order valence-electron chi connectivity index (χ3n) is 5.11. The van der Waals surface area contributed by atoms with Crippen LogP contribution in [0.15, 0.2) is 63.2 Å². The highest BCUT2D eigenvalue weighted by molar-refractivity contribution is 9.11. The summed E-state index contributed by atoms with van der Waals surface area (Å²) in [6.07, 6.45) is 7.89. The maximum absolute atomic E-state index is 5.39. The summed E-state index contributed by atoms with van der Waals surface area (Å²) in [5, 5.41) is 0.794. The zero-order chi connectivity index (χ0) is 25.7. The molecule has 0 bridgehead atoms. The van der Waals surface area contributed by atoms with Gasteiger partial charge < -0.3 is 9.47 Å². The highest BCUT2D eigenvalue weighted by atomic mass is 79.9. The maximum Gasteiger partial charge on any atom is 0.184 e. The van der Waals surface area contributed by atoms with E-state index in [4.69, 9.17) is 9.47 Å². The van der Waals surface area contributed by atoms with E-state index in [0.29, 0.717) is 0 Å². The van der Waals surface area contributed by atoms with E-state index in [9.17, 15) is 0 Å². The van der Waals surface area contributed by atoms with Gasteiger partial charge in [0.05, 0.1) is 0 Å². The Morgan fingerprint density at radius 3 is 1.37 bits per heavy atom. The standard InChI is InChI=1S/C26H19Br7O2/c1-34-26(35-2)19-12-24(32)17(10-25(19)33)6-5-15-8-20(28)14(7-21(15)29)3-4-16-9-23(31)18(13-27)11-22(16)30/h3-12,26H,13H2,1-2H3/b4-3-,6-5-. The minimum Gasteiger partial charge on any atom is -0.352 e. The summed E-state index contributed by atoms with van der Waals surface area (Å²) in [6.45, 7) is 0. The van der Waals surface area contributed by atoms with Gasteiger partial charge in [-0.1, -0.05) is 136 Å². The molecule has 184 valence electrons. The van der Waals surface area contributed by atoms with Gasteiger partial charge in [0.25, 0.3) is 0 Å². The second-order valence-corrected chi connectivity index (χ2v) is 13.0. The van der Waals surface area contributed by atoms with Crippen LogP contribution in [0.1, 0.15) is 39.7 Å². The Hall–Kier alpha value is 0.420. The zero-order valence-electron chi connectivity index (χ0n) is 18.5. The molecular formula is C26H19Br7O2. The van der Waals surface area contributed by atoms with E-state index in [2.05, 4.69) is 160 Å². The van der Waals surface area contributed by atoms with Crippen molar-refractivity contribution >= 4 is 136 Å². The summed E-state index contributed by atoms with van der Waals surface area (Å²) in [5.74, 6) is 0. The fraction of sp³-hybridized carbons (Fsp3) is 0.154. The van der Waals surface area contributed by atoms with Crippen molar-refractivity contribution in [3.05, 3.63) is 96.6 Å². The average molecular weight is 923 g/mol. The number of ether oxygens (including phenoxy) is 2. The van der Waals surface area contributed by atoms with Gasteiger partial charge in [-0.3, -0.25) is 0 Å². The lowest BCUT2D eigenvalue weighted by Gasteiger charge is -2.16. The summed E-state index contributed by atoms with van der Waals surface area (Å²) in [5.41, 5.74) is 6.36. The molecule has 0 spiro atoms. The number of benzene rings is 3. The van der Waals surface area contributed by atoms with Crippen LogP contribution in [0.4, 0.5) is 0 Å². The molecule has 0 fully saturated rings. The first-order valence-corrected chi connectivity index (χ1v) is 16.0. The monoisotopic (exact) mass is 916 g/mol. The van der Waals surface area contributed by atoms with Crippen LogP contribution in [-0.4, -0.2) is 14.2 Å². The van der Waals surface area contributed by atoms with E-state index in [1.807, 2.05) is 12.1 Å². The Morgan fingerprint density at radius 1 is 0.571 bits per heavy atom. The second-order valence-electron chi connectivity index (χ2n) is 7.36. The molecule has 0 radical (unpaired) electrons. The molecule has 0 amide bonds. The zero-order valence-corrected chi connectivity index (χ0v) is 29.6. The summed E-state index contributed by atoms with van der Waals surface area (Å²) >= 11 is 25.6. The maximum atomic E-state index is 5.39. The first kappa shape index (κ1) is 30.0. The van der Waals surface area contributed by atoms with Crippen LogP contribution < -0.4 is 0 Å². The Bertz CT molecular complexity index is 1280. The number of rotatable bonds is 8. The average Bonchev–Trinajstić information content (AvgIpc) is 2.83. The normalized spacial score (nSPS) is 11.9. The molecule has 0 N–H and O–H groups in total. The molecule has 35 heavy (non-hydrogen) atoms. The van der Waals surface area contributed by atoms with Gasteiger partial charge in [0.15, 0.2) is 6.29 Å². The van der Waals surface area contributed by atoms with E-state index in [0.717, 1.165) is 60.0 Å². The van der Waals surface area contributed by atoms with Gasteiger partial charge in [-0.2, -0.15) is 0 Å². The molecular weight excluding hydrogens is 904 g/mol. The Balaban J connectivity index is 1.86. The minimum atomic E-state index is -0.437. The van der Waals surface area contributed by atoms with Crippen molar-refractivity contribution < 1.29 is 9.47 Å². The van der Waals surface area contributed by atoms with Crippen LogP contribution in [0, 0.1) is 0 Å². The fourth-order valence-corrected chi connectivity index (χ4v) is 7.15. The molecule has 3 aromatic carbocycles. The molecule has 0 aliphatic heterocycles. The predicted molar refractivity (Wildman–Crippen MR) is 173 cm³/mol. The van der Waals surface area contributed by atoms with Crippen LogP contribution in [0.3, 0.4) is 0 Å². The third-order valence-corrected chi connectivity index (χ3v) is 9.88. The smallest absolute Gasteiger partial charge is 0.184 e. The lowest BCUT2D eigenvalue weighted by Crippen LogP contribution is -2.04. The molecule has 0 heterocycles. The molecule has 3 rings (SSSR count). The first-order valence-electron chi connectivity index (χ1n) is 10.1. The lowest BCUT2D eigenvalue weighted by atomic mass is 10.1. The minimum absolute atomic E-state index is 0.437. The first-order chi connectivity index (χ1) is 16.7. The van der Waals surface area contributed by atoms with Crippen molar-refractivity contribution in [2.45, 2.75) is 11.6 Å². The largest absolute Gasteiger partial charge is 0.352 e. The van der Waals surface area contributed by atoms with E-state index in [-0.39, 0.29) is 0 Å². The summed E-state index contributed by atoms with van der Waals surface area (Å²) in [7, 11) is 3.24. The number of hydrogen-bond acceptors (Lipinski definition) is 2. The number of hydrogen-bond donors (Lipinski definition) is 0. The van der Waals surface area contributed by atoms with E-state index < -0.39 is 6.29 Å². The van der Waals surface area contributed by atoms with Gasteiger partial charge in [-0.25, -0.2) is 0 Å². The molecule has 0 saturated carbocycles. The molecule has 2 nitrogen and oxygen atoms in total. The fourth-order valence-electron chi connectivity index (χ4n) is 3.26. The van der Waals surface area contributed by atoms with Crippen molar-refractivity contribution in [3.63, 3.8) is 0 Å². The highest BCUT2D eigenvalue weighted by Gasteiger charge is 2.15. The molecule has 9 heteroatoms. The Morgan fingerprint density at radius 2 is 0.943 bits per heavy atom. The van der Waals surface area contributed by atoms with Crippen LogP contribution in [0.5, 0.6) is 0 Å². The van der Waals surface area contributed by atoms with Crippen molar-refractivity contribution in [2.24, 2.45) is 0 Å². The van der Waals surface area contributed by atoms with Gasteiger partial charge in [0.1, 0.15) is 0 Å². The van der Waals surface area contributed by atoms with Crippen molar-refractivity contribution in [1.29, 1.82) is 0 Å². The van der Waals surface area contributed by atoms with Crippen molar-refractivity contribution in [3.8, 4) is 0 Å². The summed E-state index contributed by atoms with van der Waals surface area (Å²) in [4.78, 5) is 0. The van der Waals surface area contributed by atoms with Crippen LogP contribution in [0.2, 0.25) is 0 Å². The van der Waals surface area contributed by atoms with Crippen LogP contribution >= 0.6 is 112 Å². The molecule has 0 aliphatic rings. The topological polar surface area (TPSA) is 18.5 Å². The van der Waals surface area contributed by atoms with Crippen molar-refractivity contribution in [2.75, 3.05) is 14.2 Å².